The molecule has 172 valence electrons. The average Bonchev–Trinajstić information content (AvgIpc) is 3.27. The summed E-state index contributed by atoms with van der Waals surface area (Å²) in [6, 6.07) is 1.87. The van der Waals surface area contributed by atoms with Crippen LogP contribution < -0.4 is 4.72 Å². The third-order valence-electron chi connectivity index (χ3n) is 5.28. The molecule has 1 aromatic carbocycles. The highest BCUT2D eigenvalue weighted by Crippen LogP contribution is 2.38. The van der Waals surface area contributed by atoms with E-state index in [0.29, 0.717) is 11.6 Å². The number of hydrogen-bond donors (Lipinski definition) is 1. The Morgan fingerprint density at radius 2 is 1.91 bits per heavy atom. The van der Waals surface area contributed by atoms with E-state index in [0.717, 1.165) is 12.3 Å². The molecule has 1 aromatic heterocycles. The van der Waals surface area contributed by atoms with Gasteiger partial charge in [-0.25, -0.2) is 30.7 Å². The first-order valence-electron chi connectivity index (χ1n) is 9.72. The maximum absolute atomic E-state index is 14.8. The molecule has 7 nitrogen and oxygen atoms in total. The maximum Gasteiger partial charge on any atom is 0.209 e. The van der Waals surface area contributed by atoms with Gasteiger partial charge >= 0.3 is 0 Å². The molecule has 3 heterocycles. The Bertz CT molecular complexity index is 1190. The third-order valence-corrected chi connectivity index (χ3v) is 6.01. The van der Waals surface area contributed by atoms with Gasteiger partial charge in [-0.1, -0.05) is 5.16 Å². The van der Waals surface area contributed by atoms with Gasteiger partial charge < -0.3 is 9.74 Å². The second kappa shape index (κ2) is 8.32. The van der Waals surface area contributed by atoms with E-state index in [1.165, 1.54) is 17.2 Å². The smallest absolute Gasteiger partial charge is 0.209 e. The number of benzene rings is 1. The number of alkyl halides is 1. The first kappa shape index (κ1) is 22.5. The fourth-order valence-electron chi connectivity index (χ4n) is 3.91. The number of likely N-dealkylation sites (tertiary alicyclic amines) is 1. The molecule has 2 aromatic rings. The molecule has 0 bridgehead atoms. The summed E-state index contributed by atoms with van der Waals surface area (Å²) in [7, 11) is -3.61. The van der Waals surface area contributed by atoms with Crippen LogP contribution in [0, 0.1) is 24.4 Å². The molecular formula is C20H20F4N4O3S. The van der Waals surface area contributed by atoms with Crippen LogP contribution in [0.3, 0.4) is 0 Å². The minimum atomic E-state index is -3.61. The van der Waals surface area contributed by atoms with E-state index in [1.807, 2.05) is 0 Å². The third kappa shape index (κ3) is 4.56. The lowest BCUT2D eigenvalue weighted by Gasteiger charge is -2.18. The molecule has 1 unspecified atom stereocenters. The van der Waals surface area contributed by atoms with Crippen LogP contribution >= 0.6 is 0 Å². The molecule has 1 fully saturated rings. The second-order valence-electron chi connectivity index (χ2n) is 7.92. The van der Waals surface area contributed by atoms with Crippen LogP contribution in [0.5, 0.6) is 0 Å². The van der Waals surface area contributed by atoms with Gasteiger partial charge in [-0.3, -0.25) is 4.98 Å². The minimum absolute atomic E-state index is 0.00134. The lowest BCUT2D eigenvalue weighted by atomic mass is 9.96. The number of aryl methyl sites for hydroxylation is 1. The van der Waals surface area contributed by atoms with Crippen LogP contribution in [-0.4, -0.2) is 55.7 Å². The van der Waals surface area contributed by atoms with E-state index in [1.54, 1.807) is 6.92 Å². The number of sulfonamides is 1. The molecule has 32 heavy (non-hydrogen) atoms. The summed E-state index contributed by atoms with van der Waals surface area (Å²) in [5, 5.41) is 3.90. The maximum atomic E-state index is 14.8. The van der Waals surface area contributed by atoms with E-state index in [2.05, 4.69) is 14.9 Å². The number of halogens is 4. The van der Waals surface area contributed by atoms with Crippen LogP contribution in [0.1, 0.15) is 23.7 Å². The first-order valence-corrected chi connectivity index (χ1v) is 11.6. The van der Waals surface area contributed by atoms with Crippen molar-refractivity contribution in [2.45, 2.75) is 31.7 Å². The van der Waals surface area contributed by atoms with Crippen LogP contribution in [0.25, 0.3) is 11.3 Å². The second-order valence-corrected chi connectivity index (χ2v) is 9.70. The van der Waals surface area contributed by atoms with Crippen LogP contribution in [-0.2, 0) is 14.9 Å². The number of amidine groups is 1. The highest BCUT2D eigenvalue weighted by molar-refractivity contribution is 7.88. The standard InChI is InChI=1S/C20H20F4N4O3S/c1-10-3-14(23)20(25-7-10)12-4-11(21)5-13(22)19(12)17-6-18(26-31-17)28-8-15(24)16(9-28)27-32(2,29)30/h3-5,7,15-17,27H,6,8-9H2,1-2H3/t15-,16+,17?/m0/s1. The molecule has 1 saturated heterocycles. The first-order chi connectivity index (χ1) is 15.0. The van der Waals surface area contributed by atoms with Crippen molar-refractivity contribution < 1.29 is 30.8 Å². The van der Waals surface area contributed by atoms with Gasteiger partial charge in [0.15, 0.2) is 6.10 Å². The van der Waals surface area contributed by atoms with Crippen LogP contribution in [0.4, 0.5) is 17.6 Å². The van der Waals surface area contributed by atoms with Crippen LogP contribution in [0.2, 0.25) is 0 Å². The normalized spacial score (nSPS) is 23.4. The van der Waals surface area contributed by atoms with E-state index >= 15 is 0 Å². The Hall–Kier alpha value is -2.73. The Morgan fingerprint density at radius 1 is 1.16 bits per heavy atom. The van der Waals surface area contributed by atoms with Crippen molar-refractivity contribution in [1.82, 2.24) is 14.6 Å². The fourth-order valence-corrected chi connectivity index (χ4v) is 4.68. The molecule has 12 heteroatoms. The summed E-state index contributed by atoms with van der Waals surface area (Å²) in [6.07, 6.45) is -0.186. The van der Waals surface area contributed by atoms with Gasteiger partial charge in [0.1, 0.15) is 35.2 Å². The van der Waals surface area contributed by atoms with Gasteiger partial charge in [-0.2, -0.15) is 0 Å². The molecular weight excluding hydrogens is 452 g/mol. The van der Waals surface area contributed by atoms with Crippen LogP contribution in [0.15, 0.2) is 29.6 Å². The van der Waals surface area contributed by atoms with Crippen molar-refractivity contribution >= 4 is 15.9 Å². The molecule has 0 radical (unpaired) electrons. The molecule has 0 spiro atoms. The van der Waals surface area contributed by atoms with Crippen molar-refractivity contribution in [2.24, 2.45) is 5.16 Å². The van der Waals surface area contributed by atoms with Gasteiger partial charge in [-0.15, -0.1) is 0 Å². The molecule has 0 amide bonds. The van der Waals surface area contributed by atoms with Gasteiger partial charge in [0.25, 0.3) is 0 Å². The van der Waals surface area contributed by atoms with Crippen molar-refractivity contribution in [3.05, 3.63) is 53.0 Å². The highest BCUT2D eigenvalue weighted by Gasteiger charge is 2.40. The Labute approximate surface area is 182 Å². The number of nitrogens with zero attached hydrogens (tertiary/aromatic N) is 3. The molecule has 1 N–H and O–H groups in total. The van der Waals surface area contributed by atoms with E-state index in [9.17, 15) is 26.0 Å². The molecule has 3 atom stereocenters. The summed E-state index contributed by atoms with van der Waals surface area (Å²) in [5.74, 6) is -2.33. The summed E-state index contributed by atoms with van der Waals surface area (Å²) in [6.45, 7) is 1.51. The van der Waals surface area contributed by atoms with Crippen molar-refractivity contribution in [1.29, 1.82) is 0 Å². The molecule has 2 aliphatic heterocycles. The zero-order chi connectivity index (χ0) is 23.2. The van der Waals surface area contributed by atoms with Gasteiger partial charge in [0.2, 0.25) is 10.0 Å². The largest absolute Gasteiger partial charge is 0.386 e. The lowest BCUT2D eigenvalue weighted by Crippen LogP contribution is -2.41. The SMILES string of the molecule is Cc1cnc(-c2cc(F)cc(F)c2C2CC(N3C[C@H](F)[C@H](NS(C)(=O)=O)C3)=NO2)c(F)c1. The summed E-state index contributed by atoms with van der Waals surface area (Å²) in [5.41, 5.74) is 0.0769. The monoisotopic (exact) mass is 472 g/mol. The Morgan fingerprint density at radius 3 is 2.59 bits per heavy atom. The van der Waals surface area contributed by atoms with E-state index in [-0.39, 0.29) is 42.2 Å². The highest BCUT2D eigenvalue weighted by atomic mass is 32.2. The quantitative estimate of drug-likeness (QED) is 0.692. The van der Waals surface area contributed by atoms with E-state index < -0.39 is 45.8 Å². The lowest BCUT2D eigenvalue weighted by molar-refractivity contribution is 0.0831. The molecule has 0 saturated carbocycles. The van der Waals surface area contributed by atoms with Crippen molar-refractivity contribution in [2.75, 3.05) is 19.3 Å². The zero-order valence-electron chi connectivity index (χ0n) is 17.1. The Balaban J connectivity index is 1.59. The molecule has 4 rings (SSSR count). The van der Waals surface area contributed by atoms with Crippen molar-refractivity contribution in [3.8, 4) is 11.3 Å². The van der Waals surface area contributed by atoms with Crippen molar-refractivity contribution in [3.63, 3.8) is 0 Å². The number of hydrogen-bond acceptors (Lipinski definition) is 6. The van der Waals surface area contributed by atoms with E-state index in [4.69, 9.17) is 4.84 Å². The topological polar surface area (TPSA) is 83.9 Å². The summed E-state index contributed by atoms with van der Waals surface area (Å²) in [4.78, 5) is 10.8. The number of oxime groups is 1. The molecule has 0 aliphatic carbocycles. The number of rotatable bonds is 4. The minimum Gasteiger partial charge on any atom is -0.386 e. The number of pyridine rings is 1. The van der Waals surface area contributed by atoms with Gasteiger partial charge in [0, 0.05) is 29.9 Å². The predicted octanol–water partition coefficient (Wildman–Crippen LogP) is 2.82. The van der Waals surface area contributed by atoms with Gasteiger partial charge in [-0.05, 0) is 24.6 Å². The zero-order valence-corrected chi connectivity index (χ0v) is 18.0. The number of aromatic nitrogens is 1. The fraction of sp³-hybridized carbons (Fsp3) is 0.400. The summed E-state index contributed by atoms with van der Waals surface area (Å²) >= 11 is 0. The number of nitrogens with one attached hydrogen (secondary N) is 1. The van der Waals surface area contributed by atoms with Gasteiger partial charge in [0.05, 0.1) is 25.3 Å². The average molecular weight is 472 g/mol. The Kier molecular flexibility index (Phi) is 5.84. The molecule has 2 aliphatic rings. The predicted molar refractivity (Wildman–Crippen MR) is 108 cm³/mol. The summed E-state index contributed by atoms with van der Waals surface area (Å²) < 4.78 is 82.7.